The Bertz CT molecular complexity index is 1350. The van der Waals surface area contributed by atoms with Crippen molar-refractivity contribution in [1.82, 2.24) is 10.6 Å². The third kappa shape index (κ3) is 8.10. The van der Waals surface area contributed by atoms with Crippen molar-refractivity contribution in [3.63, 3.8) is 0 Å². The number of methoxy groups -OCH3 is 1. The van der Waals surface area contributed by atoms with Gasteiger partial charge in [0.05, 0.1) is 44.2 Å². The third-order valence-electron chi connectivity index (χ3n) is 7.89. The molecular weight excluding hydrogens is 642 g/mol. The maximum absolute atomic E-state index is 12.9. The van der Waals surface area contributed by atoms with Gasteiger partial charge in [-0.2, -0.15) is 0 Å². The largest absolute Gasteiger partial charge is 0.478 e. The van der Waals surface area contributed by atoms with Gasteiger partial charge in [0, 0.05) is 7.05 Å². The highest BCUT2D eigenvalue weighted by atomic mass is 16.8. The summed E-state index contributed by atoms with van der Waals surface area (Å²) in [5, 5.41) is 78.7. The van der Waals surface area contributed by atoms with Crippen molar-refractivity contribution in [2.45, 2.75) is 42.3 Å². The first-order chi connectivity index (χ1) is 22.7. The van der Waals surface area contributed by atoms with Crippen LogP contribution >= 0.6 is 0 Å². The second kappa shape index (κ2) is 16.6. The molecule has 0 saturated carbocycles. The van der Waals surface area contributed by atoms with E-state index in [2.05, 4.69) is 22.2 Å². The van der Waals surface area contributed by atoms with E-state index in [-0.39, 0.29) is 49.2 Å². The van der Waals surface area contributed by atoms with Crippen LogP contribution in [0.25, 0.3) is 0 Å². The standard InChI is InChI=1S/C29H43N5O14/c1-5-17-25(48-26-22(46-14-31-2)29(42,43)21(37)19(12-36)47-26)45-13-18(24(40)44-4)28(17,41)7-6-15-10-34(8-9-35)11-16(23(38)39)20(15)33-27(30)32-3/h5-7,10,13,17,19,21-22,25-26,31,35-37,41-43H,1,8-9,11-12,14H2,2-4H3,(H,38,39)(H3,30,32,33)/p+1. The Kier molecular flexibility index (Phi) is 13.4. The Balaban J connectivity index is 2.11. The normalized spacial score (nSPS) is 32.3. The smallest absolute Gasteiger partial charge is 0.340 e. The molecule has 268 valence electrons. The maximum atomic E-state index is 12.9. The molecule has 1 fully saturated rings. The molecule has 3 heterocycles. The molecule has 3 rings (SSSR count). The maximum Gasteiger partial charge on any atom is 0.340 e. The number of guanidine groups is 1. The molecule has 3 aliphatic heterocycles. The van der Waals surface area contributed by atoms with Crippen molar-refractivity contribution in [3.8, 4) is 0 Å². The number of carboxylic acids is 1. The minimum atomic E-state index is -2.99. The predicted molar refractivity (Wildman–Crippen MR) is 163 cm³/mol. The molecule has 48 heavy (non-hydrogen) atoms. The van der Waals surface area contributed by atoms with Crippen LogP contribution in [-0.4, -0.2) is 150 Å². The molecule has 0 spiro atoms. The van der Waals surface area contributed by atoms with Gasteiger partial charge in [-0.25, -0.2) is 9.59 Å². The number of aliphatic carboxylic acids is 1. The van der Waals surface area contributed by atoms with Gasteiger partial charge in [-0.3, -0.25) is 10.3 Å². The van der Waals surface area contributed by atoms with E-state index in [0.29, 0.717) is 4.90 Å². The first-order valence-corrected chi connectivity index (χ1v) is 14.7. The molecule has 0 aromatic carbocycles. The first-order valence-electron chi connectivity index (χ1n) is 14.7. The molecule has 8 atom stereocenters. The number of hydrogen-bond donors (Lipinski definition) is 11. The second-order valence-corrected chi connectivity index (χ2v) is 10.9. The van der Waals surface area contributed by atoms with E-state index in [9.17, 15) is 45.3 Å². The summed E-state index contributed by atoms with van der Waals surface area (Å²) in [6.07, 6.45) is -2.63. The minimum absolute atomic E-state index is 0.0294. The van der Waals surface area contributed by atoms with Crippen molar-refractivity contribution in [3.05, 3.63) is 59.7 Å². The third-order valence-corrected chi connectivity index (χ3v) is 7.89. The molecule has 0 aromatic rings. The minimum Gasteiger partial charge on any atom is -0.478 e. The number of aliphatic hydroxyl groups is 6. The molecular formula is C29H44N5O14+. The number of nitrogens with zero attached hydrogens (tertiary/aromatic N) is 1. The average Bonchev–Trinajstić information content (AvgIpc) is 3.05. The van der Waals surface area contributed by atoms with Gasteiger partial charge in [0.25, 0.3) is 0 Å². The van der Waals surface area contributed by atoms with Gasteiger partial charge in [-0.1, -0.05) is 6.08 Å². The van der Waals surface area contributed by atoms with E-state index < -0.39 is 72.3 Å². The van der Waals surface area contributed by atoms with Crippen LogP contribution in [0.1, 0.15) is 0 Å². The fourth-order valence-electron chi connectivity index (χ4n) is 5.34. The molecule has 8 unspecified atom stereocenters. The van der Waals surface area contributed by atoms with Gasteiger partial charge in [-0.05, 0) is 19.2 Å². The molecule has 0 bridgehead atoms. The number of nitrogens with two attached hydrogens (primary N) is 1. The lowest BCUT2D eigenvalue weighted by molar-refractivity contribution is -0.843. The summed E-state index contributed by atoms with van der Waals surface area (Å²) in [5.41, 5.74) is 3.17. The van der Waals surface area contributed by atoms with Crippen LogP contribution in [-0.2, 0) is 33.3 Å². The highest BCUT2D eigenvalue weighted by molar-refractivity contribution is 5.92. The Morgan fingerprint density at radius 1 is 1.27 bits per heavy atom. The molecule has 0 amide bonds. The molecule has 3 aliphatic rings. The monoisotopic (exact) mass is 686 g/mol. The van der Waals surface area contributed by atoms with E-state index in [4.69, 9.17) is 29.4 Å². The zero-order valence-electron chi connectivity index (χ0n) is 26.6. The fraction of sp³-hybridized carbons (Fsp3) is 0.552. The van der Waals surface area contributed by atoms with Crippen LogP contribution in [0.4, 0.5) is 0 Å². The van der Waals surface area contributed by atoms with Crippen molar-refractivity contribution in [2.24, 2.45) is 16.6 Å². The summed E-state index contributed by atoms with van der Waals surface area (Å²) in [4.78, 5) is 29.5. The molecule has 0 aliphatic carbocycles. The van der Waals surface area contributed by atoms with E-state index in [0.717, 1.165) is 19.4 Å². The van der Waals surface area contributed by atoms with Gasteiger partial charge in [0.15, 0.2) is 18.4 Å². The zero-order valence-corrected chi connectivity index (χ0v) is 26.6. The summed E-state index contributed by atoms with van der Waals surface area (Å²) < 4.78 is 27.5. The second-order valence-electron chi connectivity index (χ2n) is 10.9. The number of aliphatic imine (C=N–C) groups is 1. The number of aliphatic hydroxyl groups excluding tert-OH is 3. The van der Waals surface area contributed by atoms with Gasteiger partial charge in [0.1, 0.15) is 54.5 Å². The average molecular weight is 687 g/mol. The summed E-state index contributed by atoms with van der Waals surface area (Å²) in [5.74, 6) is -6.81. The lowest BCUT2D eigenvalue weighted by atomic mass is 9.78. The lowest BCUT2D eigenvalue weighted by Crippen LogP contribution is -3.09. The number of allylic oxidation sites excluding steroid dienone is 1. The highest BCUT2D eigenvalue weighted by Crippen LogP contribution is 2.40. The summed E-state index contributed by atoms with van der Waals surface area (Å²) >= 11 is 0. The fourth-order valence-corrected chi connectivity index (χ4v) is 5.34. The molecule has 1 saturated heterocycles. The number of carbonyl (C=O) groups is 2. The van der Waals surface area contributed by atoms with Crippen molar-refractivity contribution >= 4 is 17.9 Å². The number of nitrogens with one attached hydrogen (secondary N) is 3. The van der Waals surface area contributed by atoms with Crippen LogP contribution in [0.2, 0.25) is 0 Å². The molecule has 19 heteroatoms. The van der Waals surface area contributed by atoms with Crippen molar-refractivity contribution in [2.75, 3.05) is 54.2 Å². The van der Waals surface area contributed by atoms with Crippen LogP contribution in [0, 0.1) is 5.92 Å². The first kappa shape index (κ1) is 38.7. The van der Waals surface area contributed by atoms with Gasteiger partial charge in [-0.15, -0.1) is 6.58 Å². The summed E-state index contributed by atoms with van der Waals surface area (Å²) in [6, 6.07) is 0. The number of esters is 1. The Morgan fingerprint density at radius 2 is 1.98 bits per heavy atom. The van der Waals surface area contributed by atoms with Gasteiger partial charge in [0.2, 0.25) is 12.1 Å². The van der Waals surface area contributed by atoms with E-state index in [1.165, 1.54) is 26.2 Å². The SMILES string of the molecule is C=CC1C(OC2OC(CO)C(O)C(O)(O)C2OCNC)OC=C(C(=O)OC)C1(O)C=CC1=C[NH+](CCO)CC(C(=O)O)=C1NC(N)=NC. The van der Waals surface area contributed by atoms with Crippen molar-refractivity contribution < 1.29 is 73.9 Å². The molecule has 19 nitrogen and oxygen atoms in total. The van der Waals surface area contributed by atoms with Crippen LogP contribution in [0.15, 0.2) is 64.7 Å². The van der Waals surface area contributed by atoms with E-state index in [1.807, 2.05) is 0 Å². The van der Waals surface area contributed by atoms with Gasteiger partial charge < -0.3 is 75.4 Å². The summed E-state index contributed by atoms with van der Waals surface area (Å²) in [6.45, 7) is 2.45. The zero-order chi connectivity index (χ0) is 35.8. The number of rotatable bonds is 14. The topological polar surface area (TPSA) is 289 Å². The quantitative estimate of drug-likeness (QED) is 0.0267. The van der Waals surface area contributed by atoms with E-state index >= 15 is 0 Å². The van der Waals surface area contributed by atoms with Crippen LogP contribution in [0.3, 0.4) is 0 Å². The summed E-state index contributed by atoms with van der Waals surface area (Å²) in [7, 11) is 3.95. The number of hydrogen-bond acceptors (Lipinski definition) is 15. The number of quaternary nitrogens is 1. The van der Waals surface area contributed by atoms with Crippen molar-refractivity contribution in [1.29, 1.82) is 0 Å². The predicted octanol–water partition coefficient (Wildman–Crippen LogP) is -5.53. The number of ether oxygens (including phenoxy) is 5. The molecule has 0 radical (unpaired) electrons. The Morgan fingerprint density at radius 3 is 2.54 bits per heavy atom. The highest BCUT2D eigenvalue weighted by Gasteiger charge is 2.58. The van der Waals surface area contributed by atoms with Crippen LogP contribution in [0.5, 0.6) is 0 Å². The lowest BCUT2D eigenvalue weighted by Gasteiger charge is -2.48. The molecule has 0 aromatic heterocycles. The number of carbonyl (C=O) groups excluding carboxylic acids is 1. The molecule has 12 N–H and O–H groups in total. The van der Waals surface area contributed by atoms with Crippen LogP contribution < -0.4 is 21.3 Å². The van der Waals surface area contributed by atoms with Gasteiger partial charge >= 0.3 is 11.9 Å². The van der Waals surface area contributed by atoms with E-state index in [1.54, 1.807) is 6.20 Å². The number of carboxylic acid groups (broad SMARTS) is 1. The Hall–Kier alpha value is -3.73. The Labute approximate surface area is 275 Å².